The maximum Gasteiger partial charge on any atom is 0.239 e. The number of carbonyl (C=O) groups excluding carboxylic acids is 1. The van der Waals surface area contributed by atoms with Crippen LogP contribution in [-0.4, -0.2) is 25.5 Å². The van der Waals surface area contributed by atoms with Gasteiger partial charge >= 0.3 is 0 Å². The molecule has 0 aliphatic carbocycles. The van der Waals surface area contributed by atoms with Gasteiger partial charge in [0.2, 0.25) is 5.91 Å². The van der Waals surface area contributed by atoms with E-state index in [0.29, 0.717) is 12.5 Å². The van der Waals surface area contributed by atoms with E-state index in [4.69, 9.17) is 5.73 Å². The molecule has 0 unspecified atom stereocenters. The Bertz CT molecular complexity index is 457. The first kappa shape index (κ1) is 13.7. The Morgan fingerprint density at radius 2 is 2.26 bits per heavy atom. The molecule has 1 aromatic carbocycles. The van der Waals surface area contributed by atoms with Crippen molar-refractivity contribution in [1.29, 1.82) is 0 Å². The van der Waals surface area contributed by atoms with E-state index in [1.54, 1.807) is 0 Å². The molecule has 1 heterocycles. The molecule has 0 atom stereocenters. The zero-order valence-electron chi connectivity index (χ0n) is 11.8. The largest absolute Gasteiger partial charge is 0.399 e. The molecule has 0 spiro atoms. The standard InChI is InChI=1S/C15H23N3O/c1-11(2)9-17-15(19)10-18-7-3-4-12-5-6-13(16)8-14(12)18/h5-6,8,11H,3-4,7,9-10,16H2,1-2H3,(H,17,19). The fraction of sp³-hybridized carbons (Fsp3) is 0.533. The van der Waals surface area contributed by atoms with E-state index in [1.807, 2.05) is 12.1 Å². The van der Waals surface area contributed by atoms with Gasteiger partial charge in [0, 0.05) is 24.5 Å². The quantitative estimate of drug-likeness (QED) is 0.812. The van der Waals surface area contributed by atoms with Crippen LogP contribution < -0.4 is 16.0 Å². The van der Waals surface area contributed by atoms with Crippen LogP contribution in [0.5, 0.6) is 0 Å². The highest BCUT2D eigenvalue weighted by atomic mass is 16.2. The average Bonchev–Trinajstić information content (AvgIpc) is 2.37. The van der Waals surface area contributed by atoms with Crippen LogP contribution in [0.2, 0.25) is 0 Å². The summed E-state index contributed by atoms with van der Waals surface area (Å²) in [5.41, 5.74) is 9.01. The number of rotatable bonds is 4. The summed E-state index contributed by atoms with van der Waals surface area (Å²) >= 11 is 0. The van der Waals surface area contributed by atoms with Crippen molar-refractivity contribution in [3.8, 4) is 0 Å². The number of nitrogens with zero attached hydrogens (tertiary/aromatic N) is 1. The summed E-state index contributed by atoms with van der Waals surface area (Å²) < 4.78 is 0. The number of nitrogen functional groups attached to an aromatic ring is 1. The molecule has 4 nitrogen and oxygen atoms in total. The Kier molecular flexibility index (Phi) is 4.30. The number of amides is 1. The van der Waals surface area contributed by atoms with Gasteiger partial charge in [-0.3, -0.25) is 4.79 Å². The van der Waals surface area contributed by atoms with Crippen LogP contribution in [0.15, 0.2) is 18.2 Å². The van der Waals surface area contributed by atoms with Gasteiger partial charge in [0.1, 0.15) is 0 Å². The third kappa shape index (κ3) is 3.63. The van der Waals surface area contributed by atoms with Gasteiger partial charge in [-0.25, -0.2) is 0 Å². The van der Waals surface area contributed by atoms with E-state index >= 15 is 0 Å². The number of fused-ring (bicyclic) bond motifs is 1. The second kappa shape index (κ2) is 5.95. The van der Waals surface area contributed by atoms with Crippen molar-refractivity contribution in [3.63, 3.8) is 0 Å². The number of anilines is 2. The molecule has 0 bridgehead atoms. The van der Waals surface area contributed by atoms with Gasteiger partial charge in [0.15, 0.2) is 0 Å². The third-order valence-corrected chi connectivity index (χ3v) is 3.37. The van der Waals surface area contributed by atoms with Crippen LogP contribution in [0, 0.1) is 5.92 Å². The lowest BCUT2D eigenvalue weighted by molar-refractivity contribution is -0.119. The number of hydrogen-bond donors (Lipinski definition) is 2. The van der Waals surface area contributed by atoms with Gasteiger partial charge in [0.05, 0.1) is 6.54 Å². The van der Waals surface area contributed by atoms with Gasteiger partial charge in [-0.2, -0.15) is 0 Å². The molecule has 4 heteroatoms. The molecule has 2 rings (SSSR count). The highest BCUT2D eigenvalue weighted by Crippen LogP contribution is 2.28. The molecule has 1 aromatic rings. The second-order valence-electron chi connectivity index (χ2n) is 5.61. The van der Waals surface area contributed by atoms with Crippen molar-refractivity contribution >= 4 is 17.3 Å². The van der Waals surface area contributed by atoms with E-state index in [1.165, 1.54) is 5.56 Å². The van der Waals surface area contributed by atoms with Gasteiger partial charge in [0.25, 0.3) is 0 Å². The predicted octanol–water partition coefficient (Wildman–Crippen LogP) is 1.79. The van der Waals surface area contributed by atoms with Crippen LogP contribution in [0.25, 0.3) is 0 Å². The molecule has 1 aliphatic heterocycles. The van der Waals surface area contributed by atoms with Crippen LogP contribution in [-0.2, 0) is 11.2 Å². The maximum atomic E-state index is 11.9. The van der Waals surface area contributed by atoms with Crippen LogP contribution in [0.3, 0.4) is 0 Å². The molecule has 0 radical (unpaired) electrons. The van der Waals surface area contributed by atoms with Crippen molar-refractivity contribution < 1.29 is 4.79 Å². The summed E-state index contributed by atoms with van der Waals surface area (Å²) in [5, 5.41) is 2.96. The normalized spacial score (nSPS) is 14.4. The molecular weight excluding hydrogens is 238 g/mol. The molecule has 1 amide bonds. The van der Waals surface area contributed by atoms with Crippen molar-refractivity contribution in [3.05, 3.63) is 23.8 Å². The van der Waals surface area contributed by atoms with E-state index < -0.39 is 0 Å². The first-order valence-electron chi connectivity index (χ1n) is 6.96. The first-order valence-corrected chi connectivity index (χ1v) is 6.96. The Balaban J connectivity index is 2.03. The van der Waals surface area contributed by atoms with Gasteiger partial charge < -0.3 is 16.0 Å². The van der Waals surface area contributed by atoms with Gasteiger partial charge in [-0.05, 0) is 36.5 Å². The molecule has 0 saturated carbocycles. The summed E-state index contributed by atoms with van der Waals surface area (Å²) in [6, 6.07) is 5.98. The van der Waals surface area contributed by atoms with Gasteiger partial charge in [-0.15, -0.1) is 0 Å². The number of nitrogens with two attached hydrogens (primary N) is 1. The van der Waals surface area contributed by atoms with E-state index in [2.05, 4.69) is 30.1 Å². The lowest BCUT2D eigenvalue weighted by atomic mass is 10.0. The Hall–Kier alpha value is -1.71. The van der Waals surface area contributed by atoms with Crippen LogP contribution in [0.1, 0.15) is 25.8 Å². The number of benzene rings is 1. The highest BCUT2D eigenvalue weighted by Gasteiger charge is 2.19. The van der Waals surface area contributed by atoms with Crippen molar-refractivity contribution in [2.75, 3.05) is 30.3 Å². The average molecular weight is 261 g/mol. The minimum atomic E-state index is 0.0870. The molecule has 0 fully saturated rings. The summed E-state index contributed by atoms with van der Waals surface area (Å²) in [6.45, 7) is 6.26. The van der Waals surface area contributed by atoms with E-state index in [-0.39, 0.29) is 5.91 Å². The summed E-state index contributed by atoms with van der Waals surface area (Å²) in [6.07, 6.45) is 2.16. The Labute approximate surface area is 115 Å². The second-order valence-corrected chi connectivity index (χ2v) is 5.61. The lowest BCUT2D eigenvalue weighted by Crippen LogP contribution is -2.40. The summed E-state index contributed by atoms with van der Waals surface area (Å²) in [4.78, 5) is 14.1. The monoisotopic (exact) mass is 261 g/mol. The molecule has 1 aliphatic rings. The summed E-state index contributed by atoms with van der Waals surface area (Å²) in [7, 11) is 0. The third-order valence-electron chi connectivity index (χ3n) is 3.37. The van der Waals surface area contributed by atoms with Crippen molar-refractivity contribution in [2.45, 2.75) is 26.7 Å². The number of nitrogens with one attached hydrogen (secondary N) is 1. The zero-order valence-corrected chi connectivity index (χ0v) is 11.8. The van der Waals surface area contributed by atoms with E-state index in [9.17, 15) is 4.79 Å². The number of aryl methyl sites for hydroxylation is 1. The molecular formula is C15H23N3O. The topological polar surface area (TPSA) is 58.4 Å². The van der Waals surface area contributed by atoms with Crippen molar-refractivity contribution in [1.82, 2.24) is 5.32 Å². The van der Waals surface area contributed by atoms with Crippen molar-refractivity contribution in [2.24, 2.45) is 5.92 Å². The predicted molar refractivity (Wildman–Crippen MR) is 79.2 cm³/mol. The Morgan fingerprint density at radius 3 is 3.00 bits per heavy atom. The maximum absolute atomic E-state index is 11.9. The smallest absolute Gasteiger partial charge is 0.239 e. The molecule has 3 N–H and O–H groups in total. The fourth-order valence-corrected chi connectivity index (χ4v) is 2.38. The van der Waals surface area contributed by atoms with Crippen LogP contribution in [0.4, 0.5) is 11.4 Å². The minimum Gasteiger partial charge on any atom is -0.399 e. The lowest BCUT2D eigenvalue weighted by Gasteiger charge is -2.31. The van der Waals surface area contributed by atoms with Gasteiger partial charge in [-0.1, -0.05) is 19.9 Å². The fourth-order valence-electron chi connectivity index (χ4n) is 2.38. The number of carbonyl (C=O) groups is 1. The first-order chi connectivity index (χ1) is 9.06. The highest BCUT2D eigenvalue weighted by molar-refractivity contribution is 5.82. The number of hydrogen-bond acceptors (Lipinski definition) is 3. The molecule has 0 aromatic heterocycles. The minimum absolute atomic E-state index is 0.0870. The van der Waals surface area contributed by atoms with Crippen LogP contribution >= 0.6 is 0 Å². The molecule has 104 valence electrons. The van der Waals surface area contributed by atoms with E-state index in [0.717, 1.165) is 37.3 Å². The molecule has 19 heavy (non-hydrogen) atoms. The SMILES string of the molecule is CC(C)CNC(=O)CN1CCCc2ccc(N)cc21. The Morgan fingerprint density at radius 1 is 1.47 bits per heavy atom. The zero-order chi connectivity index (χ0) is 13.8. The molecule has 0 saturated heterocycles. The summed E-state index contributed by atoms with van der Waals surface area (Å²) in [5.74, 6) is 0.567.